The van der Waals surface area contributed by atoms with E-state index in [4.69, 9.17) is 0 Å². The highest BCUT2D eigenvalue weighted by molar-refractivity contribution is 5.80. The van der Waals surface area contributed by atoms with Crippen LogP contribution in [-0.2, 0) is 24.4 Å². The third-order valence-electron chi connectivity index (χ3n) is 5.22. The van der Waals surface area contributed by atoms with Crippen LogP contribution in [0.5, 0.6) is 0 Å². The van der Waals surface area contributed by atoms with Crippen molar-refractivity contribution in [2.75, 3.05) is 0 Å². The normalized spacial score (nSPS) is 13.8. The first-order chi connectivity index (χ1) is 13.6. The fraction of sp³-hybridized carbons (Fsp3) is 0.318. The standard InChI is InChI=1S/C22H20F3N3O/c1-4-14-9-15-5-7-17(10-18(15)28-20(14)29)21(3,12-26)11-16-6-8-19(22(23,24)25)27-13(16)2/h5-10H,4,11H2,1-3H3,(H,28,29). The number of H-pyrrole nitrogens is 1. The van der Waals surface area contributed by atoms with Gasteiger partial charge >= 0.3 is 6.18 Å². The van der Waals surface area contributed by atoms with Crippen molar-refractivity contribution in [1.29, 1.82) is 5.26 Å². The lowest BCUT2D eigenvalue weighted by atomic mass is 9.78. The summed E-state index contributed by atoms with van der Waals surface area (Å²) >= 11 is 0. The second-order valence-corrected chi connectivity index (χ2v) is 7.34. The molecule has 150 valence electrons. The van der Waals surface area contributed by atoms with E-state index in [2.05, 4.69) is 16.0 Å². The molecule has 3 rings (SSSR count). The Labute approximate surface area is 166 Å². The maximum atomic E-state index is 12.9. The fourth-order valence-electron chi connectivity index (χ4n) is 3.37. The highest BCUT2D eigenvalue weighted by atomic mass is 19.4. The predicted molar refractivity (Wildman–Crippen MR) is 105 cm³/mol. The molecule has 0 bridgehead atoms. The van der Waals surface area contributed by atoms with Crippen LogP contribution in [0.15, 0.2) is 41.2 Å². The highest BCUT2D eigenvalue weighted by Gasteiger charge is 2.34. The first-order valence-corrected chi connectivity index (χ1v) is 9.19. The van der Waals surface area contributed by atoms with Gasteiger partial charge in [-0.3, -0.25) is 4.79 Å². The Morgan fingerprint density at radius 2 is 1.86 bits per heavy atom. The van der Waals surface area contributed by atoms with Crippen molar-refractivity contribution >= 4 is 10.9 Å². The number of alkyl halides is 3. The fourth-order valence-corrected chi connectivity index (χ4v) is 3.37. The lowest BCUT2D eigenvalue weighted by Gasteiger charge is -2.24. The number of nitriles is 1. The van der Waals surface area contributed by atoms with Crippen LogP contribution in [0.1, 0.15) is 41.9 Å². The summed E-state index contributed by atoms with van der Waals surface area (Å²) in [6.07, 6.45) is -3.70. The number of fused-ring (bicyclic) bond motifs is 1. The number of hydrogen-bond donors (Lipinski definition) is 1. The molecule has 2 aromatic heterocycles. The van der Waals surface area contributed by atoms with Gasteiger partial charge in [0.15, 0.2) is 0 Å². The van der Waals surface area contributed by atoms with Gasteiger partial charge in [0.1, 0.15) is 5.69 Å². The molecule has 1 atom stereocenters. The number of aromatic amines is 1. The summed E-state index contributed by atoms with van der Waals surface area (Å²) in [5.41, 5.74) is 0.659. The van der Waals surface area contributed by atoms with Gasteiger partial charge < -0.3 is 4.98 Å². The van der Waals surface area contributed by atoms with Crippen LogP contribution in [0.2, 0.25) is 0 Å². The van der Waals surface area contributed by atoms with Crippen LogP contribution in [0.25, 0.3) is 10.9 Å². The second-order valence-electron chi connectivity index (χ2n) is 7.34. The van der Waals surface area contributed by atoms with Crippen LogP contribution < -0.4 is 5.56 Å². The van der Waals surface area contributed by atoms with Crippen LogP contribution in [0.4, 0.5) is 13.2 Å². The maximum Gasteiger partial charge on any atom is 0.433 e. The summed E-state index contributed by atoms with van der Waals surface area (Å²) in [6, 6.07) is 11.8. The molecular formula is C22H20F3N3O. The largest absolute Gasteiger partial charge is 0.433 e. The van der Waals surface area contributed by atoms with E-state index >= 15 is 0 Å². The molecule has 1 N–H and O–H groups in total. The van der Waals surface area contributed by atoms with Gasteiger partial charge in [-0.15, -0.1) is 0 Å². The van der Waals surface area contributed by atoms with E-state index in [-0.39, 0.29) is 17.7 Å². The van der Waals surface area contributed by atoms with E-state index in [1.165, 1.54) is 13.0 Å². The van der Waals surface area contributed by atoms with Crippen LogP contribution in [0, 0.1) is 18.3 Å². The SMILES string of the molecule is CCc1cc2ccc(C(C)(C#N)Cc3ccc(C(F)(F)F)nc3C)cc2[nH]c1=O. The number of aromatic nitrogens is 2. The molecule has 0 saturated carbocycles. The summed E-state index contributed by atoms with van der Waals surface area (Å²) in [5, 5.41) is 10.7. The summed E-state index contributed by atoms with van der Waals surface area (Å²) in [6.45, 7) is 5.13. The van der Waals surface area contributed by atoms with Gasteiger partial charge in [-0.25, -0.2) is 4.98 Å². The Hall–Kier alpha value is -3.14. The molecule has 3 aromatic rings. The molecule has 4 nitrogen and oxygen atoms in total. The van der Waals surface area contributed by atoms with E-state index in [0.29, 0.717) is 28.6 Å². The van der Waals surface area contributed by atoms with E-state index < -0.39 is 17.3 Å². The van der Waals surface area contributed by atoms with Crippen molar-refractivity contribution < 1.29 is 13.2 Å². The van der Waals surface area contributed by atoms with Gasteiger partial charge in [0.05, 0.1) is 11.5 Å². The molecule has 0 aliphatic rings. The maximum absolute atomic E-state index is 12.9. The Morgan fingerprint density at radius 3 is 2.45 bits per heavy atom. The molecule has 0 spiro atoms. The van der Waals surface area contributed by atoms with Crippen LogP contribution in [-0.4, -0.2) is 9.97 Å². The second kappa shape index (κ2) is 7.36. The Balaban J connectivity index is 2.02. The molecule has 1 unspecified atom stereocenters. The van der Waals surface area contributed by atoms with Gasteiger partial charge in [0.25, 0.3) is 5.56 Å². The number of nitrogens with one attached hydrogen (secondary N) is 1. The molecule has 2 heterocycles. The lowest BCUT2D eigenvalue weighted by molar-refractivity contribution is -0.141. The molecule has 7 heteroatoms. The van der Waals surface area contributed by atoms with Crippen LogP contribution >= 0.6 is 0 Å². The van der Waals surface area contributed by atoms with Gasteiger partial charge in [0.2, 0.25) is 0 Å². The Morgan fingerprint density at radius 1 is 1.14 bits per heavy atom. The van der Waals surface area contributed by atoms with E-state index in [1.807, 2.05) is 25.1 Å². The first kappa shape index (κ1) is 20.6. The number of nitrogens with zero attached hydrogens (tertiary/aromatic N) is 2. The summed E-state index contributed by atoms with van der Waals surface area (Å²) in [5.74, 6) is 0. The smallest absolute Gasteiger partial charge is 0.322 e. The molecule has 0 aliphatic carbocycles. The number of aryl methyl sites for hydroxylation is 2. The summed E-state index contributed by atoms with van der Waals surface area (Å²) < 4.78 is 38.6. The topological polar surface area (TPSA) is 69.5 Å². The average Bonchev–Trinajstić information content (AvgIpc) is 2.67. The number of benzene rings is 1. The van der Waals surface area contributed by atoms with Gasteiger partial charge in [0, 0.05) is 16.8 Å². The summed E-state index contributed by atoms with van der Waals surface area (Å²) in [4.78, 5) is 18.6. The molecule has 0 radical (unpaired) electrons. The Kier molecular flexibility index (Phi) is 5.22. The van der Waals surface area contributed by atoms with Crippen molar-refractivity contribution in [3.8, 4) is 6.07 Å². The van der Waals surface area contributed by atoms with E-state index in [1.54, 1.807) is 13.0 Å². The van der Waals surface area contributed by atoms with Gasteiger partial charge in [-0.2, -0.15) is 18.4 Å². The molecule has 0 aliphatic heterocycles. The number of pyridine rings is 2. The number of rotatable bonds is 4. The zero-order valence-electron chi connectivity index (χ0n) is 16.3. The number of hydrogen-bond acceptors (Lipinski definition) is 3. The monoisotopic (exact) mass is 399 g/mol. The zero-order chi connectivity index (χ0) is 21.4. The van der Waals surface area contributed by atoms with Crippen molar-refractivity contribution in [1.82, 2.24) is 9.97 Å². The van der Waals surface area contributed by atoms with Crippen LogP contribution in [0.3, 0.4) is 0 Å². The highest BCUT2D eigenvalue weighted by Crippen LogP contribution is 2.32. The zero-order valence-corrected chi connectivity index (χ0v) is 16.3. The van der Waals surface area contributed by atoms with Crippen molar-refractivity contribution in [3.05, 3.63) is 74.8 Å². The van der Waals surface area contributed by atoms with Crippen molar-refractivity contribution in [3.63, 3.8) is 0 Å². The minimum absolute atomic E-state index is 0.168. The van der Waals surface area contributed by atoms with Crippen molar-refractivity contribution in [2.45, 2.75) is 45.2 Å². The minimum Gasteiger partial charge on any atom is -0.322 e. The van der Waals surface area contributed by atoms with Gasteiger partial charge in [-0.1, -0.05) is 25.1 Å². The van der Waals surface area contributed by atoms with E-state index in [0.717, 1.165) is 11.5 Å². The molecule has 0 saturated heterocycles. The minimum atomic E-state index is -4.51. The number of halogens is 3. The van der Waals surface area contributed by atoms with E-state index in [9.17, 15) is 23.2 Å². The molecule has 1 aromatic carbocycles. The third-order valence-corrected chi connectivity index (χ3v) is 5.22. The molecule has 29 heavy (non-hydrogen) atoms. The lowest BCUT2D eigenvalue weighted by Crippen LogP contribution is -2.24. The molecule has 0 amide bonds. The third kappa shape index (κ3) is 4.02. The summed E-state index contributed by atoms with van der Waals surface area (Å²) in [7, 11) is 0. The quantitative estimate of drug-likeness (QED) is 0.683. The Bertz CT molecular complexity index is 1170. The first-order valence-electron chi connectivity index (χ1n) is 9.19. The molecular weight excluding hydrogens is 379 g/mol. The van der Waals surface area contributed by atoms with Crippen molar-refractivity contribution in [2.24, 2.45) is 0 Å². The predicted octanol–water partition coefficient (Wildman–Crippen LogP) is 4.84. The average molecular weight is 399 g/mol. The van der Waals surface area contributed by atoms with Gasteiger partial charge in [-0.05, 0) is 61.4 Å². The molecule has 0 fully saturated rings.